The van der Waals surface area contributed by atoms with E-state index >= 15 is 0 Å². The molecule has 2 rings (SSSR count). The normalized spacial score (nSPS) is 19.0. The lowest BCUT2D eigenvalue weighted by atomic mass is 9.77. The average Bonchev–Trinajstić information content (AvgIpc) is 2.33. The Kier molecular flexibility index (Phi) is 3.34. The topological polar surface area (TPSA) is 43.1 Å². The Balaban J connectivity index is 2.26. The molecule has 0 heterocycles. The summed E-state index contributed by atoms with van der Waals surface area (Å²) in [6, 6.07) is 5.89. The molecule has 0 bridgehead atoms. The van der Waals surface area contributed by atoms with Crippen LogP contribution in [0.5, 0.6) is 0 Å². The maximum atomic E-state index is 12.5. The van der Waals surface area contributed by atoms with Crippen LogP contribution in [0.1, 0.15) is 53.6 Å². The second-order valence-electron chi connectivity index (χ2n) is 5.34. The molecule has 0 aromatic heterocycles. The number of Topliss-reactive ketones (excluding diaryl/α,β-unsaturated/α-hetero) is 1. The van der Waals surface area contributed by atoms with E-state index in [4.69, 9.17) is 5.73 Å². The highest BCUT2D eigenvalue weighted by molar-refractivity contribution is 6.03. The van der Waals surface area contributed by atoms with Crippen molar-refractivity contribution in [1.29, 1.82) is 0 Å². The Morgan fingerprint density at radius 3 is 2.35 bits per heavy atom. The molecule has 1 aliphatic carbocycles. The molecule has 1 aliphatic rings. The van der Waals surface area contributed by atoms with E-state index in [1.165, 1.54) is 12.0 Å². The van der Waals surface area contributed by atoms with Gasteiger partial charge in [0, 0.05) is 5.56 Å². The highest BCUT2D eigenvalue weighted by Gasteiger charge is 2.35. The van der Waals surface area contributed by atoms with Crippen LogP contribution in [0.3, 0.4) is 0 Å². The van der Waals surface area contributed by atoms with Gasteiger partial charge in [-0.3, -0.25) is 4.79 Å². The fourth-order valence-corrected chi connectivity index (χ4v) is 2.58. The zero-order chi connectivity index (χ0) is 12.5. The summed E-state index contributed by atoms with van der Waals surface area (Å²) in [5, 5.41) is 0. The number of rotatable bonds is 2. The average molecular weight is 231 g/mol. The standard InChI is InChI=1S/C15H21NO/c1-11-6-7-13(10-12(11)2)14(17)15(16)8-4-3-5-9-15/h6-7,10H,3-5,8-9,16H2,1-2H3. The number of ketones is 1. The molecule has 0 amide bonds. The van der Waals surface area contributed by atoms with Crippen LogP contribution in [0.4, 0.5) is 0 Å². The third kappa shape index (κ3) is 2.42. The lowest BCUT2D eigenvalue weighted by Crippen LogP contribution is -2.49. The van der Waals surface area contributed by atoms with Gasteiger partial charge < -0.3 is 5.73 Å². The smallest absolute Gasteiger partial charge is 0.182 e. The summed E-state index contributed by atoms with van der Waals surface area (Å²) in [6.07, 6.45) is 5.02. The van der Waals surface area contributed by atoms with Crippen LogP contribution in [-0.2, 0) is 0 Å². The maximum absolute atomic E-state index is 12.5. The van der Waals surface area contributed by atoms with Crippen molar-refractivity contribution in [2.24, 2.45) is 5.73 Å². The molecule has 1 aromatic rings. The molecule has 0 unspecified atom stereocenters. The molecule has 2 heteroatoms. The van der Waals surface area contributed by atoms with Crippen LogP contribution in [0.2, 0.25) is 0 Å². The summed E-state index contributed by atoms with van der Waals surface area (Å²) in [5.74, 6) is 0.125. The molecule has 2 nitrogen and oxygen atoms in total. The van der Waals surface area contributed by atoms with E-state index in [0.717, 1.165) is 36.8 Å². The number of nitrogens with two attached hydrogens (primary N) is 1. The molecule has 0 atom stereocenters. The van der Waals surface area contributed by atoms with Gasteiger partial charge in [0.25, 0.3) is 0 Å². The summed E-state index contributed by atoms with van der Waals surface area (Å²) in [5.41, 5.74) is 8.82. The summed E-state index contributed by atoms with van der Waals surface area (Å²) < 4.78 is 0. The highest BCUT2D eigenvalue weighted by Crippen LogP contribution is 2.29. The van der Waals surface area contributed by atoms with Gasteiger partial charge in [0.1, 0.15) is 0 Å². The van der Waals surface area contributed by atoms with Crippen molar-refractivity contribution >= 4 is 5.78 Å². The number of hydrogen-bond acceptors (Lipinski definition) is 2. The molecule has 0 radical (unpaired) electrons. The summed E-state index contributed by atoms with van der Waals surface area (Å²) in [7, 11) is 0. The SMILES string of the molecule is Cc1ccc(C(=O)C2(N)CCCCC2)cc1C. The number of carbonyl (C=O) groups excluding carboxylic acids is 1. The fraction of sp³-hybridized carbons (Fsp3) is 0.533. The molecule has 17 heavy (non-hydrogen) atoms. The van der Waals surface area contributed by atoms with E-state index in [-0.39, 0.29) is 5.78 Å². The van der Waals surface area contributed by atoms with Crippen molar-refractivity contribution in [3.8, 4) is 0 Å². The van der Waals surface area contributed by atoms with Crippen LogP contribution in [0, 0.1) is 13.8 Å². The molecular formula is C15H21NO. The van der Waals surface area contributed by atoms with Crippen molar-refractivity contribution in [2.75, 3.05) is 0 Å². The van der Waals surface area contributed by atoms with E-state index < -0.39 is 5.54 Å². The van der Waals surface area contributed by atoms with Gasteiger partial charge in [-0.25, -0.2) is 0 Å². The van der Waals surface area contributed by atoms with Crippen LogP contribution in [0.25, 0.3) is 0 Å². The van der Waals surface area contributed by atoms with E-state index in [9.17, 15) is 4.79 Å². The van der Waals surface area contributed by atoms with Gasteiger partial charge in [-0.15, -0.1) is 0 Å². The van der Waals surface area contributed by atoms with Gasteiger partial charge >= 0.3 is 0 Å². The minimum Gasteiger partial charge on any atom is -0.319 e. The summed E-state index contributed by atoms with van der Waals surface area (Å²) >= 11 is 0. The van der Waals surface area contributed by atoms with Crippen LogP contribution < -0.4 is 5.73 Å². The Hall–Kier alpha value is -1.15. The van der Waals surface area contributed by atoms with Crippen molar-refractivity contribution in [1.82, 2.24) is 0 Å². The molecule has 1 fully saturated rings. The Morgan fingerprint density at radius 1 is 1.12 bits per heavy atom. The van der Waals surface area contributed by atoms with Gasteiger partial charge in [0.15, 0.2) is 5.78 Å². The lowest BCUT2D eigenvalue weighted by molar-refractivity contribution is 0.0848. The third-order valence-electron chi connectivity index (χ3n) is 3.97. The van der Waals surface area contributed by atoms with E-state index in [2.05, 4.69) is 6.92 Å². The Morgan fingerprint density at radius 2 is 1.76 bits per heavy atom. The molecule has 92 valence electrons. The highest BCUT2D eigenvalue weighted by atomic mass is 16.1. The minimum atomic E-state index is -0.611. The van der Waals surface area contributed by atoms with Crippen molar-refractivity contribution in [2.45, 2.75) is 51.5 Å². The quantitative estimate of drug-likeness (QED) is 0.794. The Bertz CT molecular complexity index is 431. The van der Waals surface area contributed by atoms with Crippen LogP contribution >= 0.6 is 0 Å². The maximum Gasteiger partial charge on any atom is 0.182 e. The molecule has 1 aromatic carbocycles. The van der Waals surface area contributed by atoms with Gasteiger partial charge in [0.05, 0.1) is 5.54 Å². The molecule has 0 saturated heterocycles. The predicted octanol–water partition coefficient (Wildman–Crippen LogP) is 3.15. The minimum absolute atomic E-state index is 0.125. The van der Waals surface area contributed by atoms with Crippen molar-refractivity contribution < 1.29 is 4.79 Å². The first kappa shape index (κ1) is 12.3. The van der Waals surface area contributed by atoms with Gasteiger partial charge in [-0.2, -0.15) is 0 Å². The predicted molar refractivity (Wildman–Crippen MR) is 70.2 cm³/mol. The first-order valence-corrected chi connectivity index (χ1v) is 6.44. The number of benzene rings is 1. The number of hydrogen-bond donors (Lipinski definition) is 1. The lowest BCUT2D eigenvalue weighted by Gasteiger charge is -2.32. The monoisotopic (exact) mass is 231 g/mol. The first-order chi connectivity index (χ1) is 8.03. The van der Waals surface area contributed by atoms with E-state index in [0.29, 0.717) is 0 Å². The second-order valence-corrected chi connectivity index (χ2v) is 5.34. The molecule has 0 spiro atoms. The largest absolute Gasteiger partial charge is 0.319 e. The summed E-state index contributed by atoms with van der Waals surface area (Å²) in [4.78, 5) is 12.5. The number of carbonyl (C=O) groups is 1. The van der Waals surface area contributed by atoms with E-state index in [1.54, 1.807) is 0 Å². The first-order valence-electron chi connectivity index (χ1n) is 6.44. The fourth-order valence-electron chi connectivity index (χ4n) is 2.58. The Labute approximate surface area is 103 Å². The van der Waals surface area contributed by atoms with Gasteiger partial charge in [-0.1, -0.05) is 31.4 Å². The molecule has 2 N–H and O–H groups in total. The zero-order valence-electron chi connectivity index (χ0n) is 10.8. The van der Waals surface area contributed by atoms with Gasteiger partial charge in [-0.05, 0) is 43.9 Å². The molecular weight excluding hydrogens is 210 g/mol. The zero-order valence-corrected chi connectivity index (χ0v) is 10.8. The third-order valence-corrected chi connectivity index (χ3v) is 3.97. The summed E-state index contributed by atoms with van der Waals surface area (Å²) in [6.45, 7) is 4.10. The van der Waals surface area contributed by atoms with Crippen molar-refractivity contribution in [3.63, 3.8) is 0 Å². The molecule has 0 aliphatic heterocycles. The van der Waals surface area contributed by atoms with Gasteiger partial charge in [0.2, 0.25) is 0 Å². The second kappa shape index (κ2) is 4.61. The van der Waals surface area contributed by atoms with Crippen molar-refractivity contribution in [3.05, 3.63) is 34.9 Å². The van der Waals surface area contributed by atoms with Crippen LogP contribution in [-0.4, -0.2) is 11.3 Å². The molecule has 1 saturated carbocycles. The number of aryl methyl sites for hydroxylation is 2. The van der Waals surface area contributed by atoms with Crippen LogP contribution in [0.15, 0.2) is 18.2 Å². The van der Waals surface area contributed by atoms with E-state index in [1.807, 2.05) is 25.1 Å².